The topological polar surface area (TPSA) is 68.2 Å². The van der Waals surface area contributed by atoms with Gasteiger partial charge in [0.25, 0.3) is 0 Å². The highest BCUT2D eigenvalue weighted by Gasteiger charge is 2.07. The Morgan fingerprint density at radius 3 is 2.65 bits per heavy atom. The molecule has 0 aliphatic carbocycles. The molecule has 2 heterocycles. The molecule has 0 amide bonds. The van der Waals surface area contributed by atoms with Crippen LogP contribution in [-0.2, 0) is 6.54 Å². The van der Waals surface area contributed by atoms with E-state index in [1.807, 2.05) is 30.1 Å². The highest BCUT2D eigenvalue weighted by atomic mass is 35.5. The zero-order valence-corrected chi connectivity index (χ0v) is 10.9. The fourth-order valence-electron chi connectivity index (χ4n) is 1.44. The van der Waals surface area contributed by atoms with E-state index in [0.717, 1.165) is 16.7 Å². The summed E-state index contributed by atoms with van der Waals surface area (Å²) in [6.45, 7) is 0.744. The maximum absolute atomic E-state index is 5.88. The first-order valence-electron chi connectivity index (χ1n) is 5.03. The number of pyridine rings is 1. The minimum Gasteiger partial charge on any atom is -0.396 e. The molecule has 0 saturated carbocycles. The lowest BCUT2D eigenvalue weighted by molar-refractivity contribution is 0.915. The molecule has 0 saturated heterocycles. The zero-order valence-electron chi connectivity index (χ0n) is 9.35. The maximum Gasteiger partial charge on any atom is 0.149 e. The summed E-state index contributed by atoms with van der Waals surface area (Å²) >= 11 is 7.44. The molecule has 0 unspecified atom stereocenters. The Morgan fingerprint density at radius 2 is 2.06 bits per heavy atom. The molecule has 0 fully saturated rings. The fraction of sp³-hybridized carbons (Fsp3) is 0.182. The molecule has 17 heavy (non-hydrogen) atoms. The second-order valence-corrected chi connectivity index (χ2v) is 5.51. The van der Waals surface area contributed by atoms with E-state index in [1.165, 1.54) is 4.88 Å². The minimum atomic E-state index is 0.360. The van der Waals surface area contributed by atoms with E-state index in [4.69, 9.17) is 23.1 Å². The van der Waals surface area contributed by atoms with E-state index in [1.54, 1.807) is 17.4 Å². The Morgan fingerprint density at radius 1 is 1.29 bits per heavy atom. The number of nitrogens with zero attached hydrogens (tertiary/aromatic N) is 2. The highest BCUT2D eigenvalue weighted by molar-refractivity contribution is 7.16. The summed E-state index contributed by atoms with van der Waals surface area (Å²) in [6.07, 6.45) is 0. The minimum absolute atomic E-state index is 0.360. The smallest absolute Gasteiger partial charge is 0.149 e. The monoisotopic (exact) mass is 268 g/mol. The molecule has 6 heteroatoms. The average molecular weight is 269 g/mol. The Labute approximate surface area is 109 Å². The quantitative estimate of drug-likeness (QED) is 0.898. The van der Waals surface area contributed by atoms with Crippen molar-refractivity contribution in [3.8, 4) is 0 Å². The number of hydrogen-bond acceptors (Lipinski definition) is 5. The summed E-state index contributed by atoms with van der Waals surface area (Å²) in [4.78, 5) is 7.40. The number of thiophene rings is 1. The number of aromatic nitrogens is 1. The molecule has 4 N–H and O–H groups in total. The standard InChI is InChI=1S/C11H13ClN4S/c1-16(6-7-2-4-9(12)17-7)10-5-3-8(13)11(14)15-10/h2-5H,6,13H2,1H3,(H2,14,15). The van der Waals surface area contributed by atoms with Gasteiger partial charge in [-0.2, -0.15) is 0 Å². The fourth-order valence-corrected chi connectivity index (χ4v) is 2.58. The highest BCUT2D eigenvalue weighted by Crippen LogP contribution is 2.24. The van der Waals surface area contributed by atoms with Crippen molar-refractivity contribution >= 4 is 40.3 Å². The van der Waals surface area contributed by atoms with Crippen molar-refractivity contribution in [3.05, 3.63) is 33.5 Å². The summed E-state index contributed by atoms with van der Waals surface area (Å²) in [5.41, 5.74) is 11.8. The molecular weight excluding hydrogens is 256 g/mol. The predicted octanol–water partition coefficient (Wildman–Crippen LogP) is 2.60. The van der Waals surface area contributed by atoms with Gasteiger partial charge in [-0.1, -0.05) is 11.6 Å². The number of hydrogen-bond donors (Lipinski definition) is 2. The number of halogens is 1. The van der Waals surface area contributed by atoms with Gasteiger partial charge in [0.1, 0.15) is 11.6 Å². The van der Waals surface area contributed by atoms with Crippen LogP contribution in [0.1, 0.15) is 4.88 Å². The Bertz CT molecular complexity index is 526. The van der Waals surface area contributed by atoms with Crippen LogP contribution in [0.15, 0.2) is 24.3 Å². The van der Waals surface area contributed by atoms with Crippen molar-refractivity contribution in [1.82, 2.24) is 4.98 Å². The van der Waals surface area contributed by atoms with Crippen LogP contribution in [0.5, 0.6) is 0 Å². The van der Waals surface area contributed by atoms with Gasteiger partial charge in [0.15, 0.2) is 0 Å². The lowest BCUT2D eigenvalue weighted by atomic mass is 10.3. The molecule has 0 radical (unpaired) electrons. The van der Waals surface area contributed by atoms with Gasteiger partial charge in [0.2, 0.25) is 0 Å². The van der Waals surface area contributed by atoms with Gasteiger partial charge >= 0.3 is 0 Å². The van der Waals surface area contributed by atoms with Gasteiger partial charge in [-0.25, -0.2) is 4.98 Å². The van der Waals surface area contributed by atoms with Crippen molar-refractivity contribution in [2.45, 2.75) is 6.54 Å². The molecule has 4 nitrogen and oxygen atoms in total. The summed E-state index contributed by atoms with van der Waals surface area (Å²) in [5, 5.41) is 0. The SMILES string of the molecule is CN(Cc1ccc(Cl)s1)c1ccc(N)c(N)n1. The lowest BCUT2D eigenvalue weighted by Gasteiger charge is -2.17. The Balaban J connectivity index is 2.14. The molecule has 90 valence electrons. The normalized spacial score (nSPS) is 10.5. The first-order chi connectivity index (χ1) is 8.06. The van der Waals surface area contributed by atoms with Gasteiger partial charge in [0, 0.05) is 11.9 Å². The van der Waals surface area contributed by atoms with Crippen LogP contribution in [-0.4, -0.2) is 12.0 Å². The van der Waals surface area contributed by atoms with Gasteiger partial charge in [-0.3, -0.25) is 0 Å². The second kappa shape index (κ2) is 4.81. The molecule has 0 aromatic carbocycles. The molecule has 2 aromatic heterocycles. The van der Waals surface area contributed by atoms with E-state index in [0.29, 0.717) is 11.5 Å². The molecule has 0 bridgehead atoms. The molecule has 2 rings (SSSR count). The third-order valence-electron chi connectivity index (χ3n) is 2.36. The number of rotatable bonds is 3. The largest absolute Gasteiger partial charge is 0.396 e. The third-order valence-corrected chi connectivity index (χ3v) is 3.57. The molecule has 0 atom stereocenters. The maximum atomic E-state index is 5.88. The number of anilines is 3. The number of nitrogens with two attached hydrogens (primary N) is 2. The molecule has 0 spiro atoms. The van der Waals surface area contributed by atoms with Crippen LogP contribution in [0.2, 0.25) is 4.34 Å². The predicted molar refractivity (Wildman–Crippen MR) is 74.5 cm³/mol. The zero-order chi connectivity index (χ0) is 12.4. The van der Waals surface area contributed by atoms with Gasteiger partial charge in [0.05, 0.1) is 16.6 Å². The van der Waals surface area contributed by atoms with Crippen LogP contribution in [0.3, 0.4) is 0 Å². The Hall–Kier alpha value is -1.46. The van der Waals surface area contributed by atoms with E-state index in [2.05, 4.69) is 4.98 Å². The van der Waals surface area contributed by atoms with Crippen LogP contribution in [0.4, 0.5) is 17.3 Å². The third kappa shape index (κ3) is 2.81. The van der Waals surface area contributed by atoms with Crippen molar-refractivity contribution in [1.29, 1.82) is 0 Å². The van der Waals surface area contributed by atoms with Crippen LogP contribution in [0.25, 0.3) is 0 Å². The van der Waals surface area contributed by atoms with E-state index in [9.17, 15) is 0 Å². The summed E-state index contributed by atoms with van der Waals surface area (Å²) < 4.78 is 0.790. The van der Waals surface area contributed by atoms with Crippen molar-refractivity contribution in [2.75, 3.05) is 23.4 Å². The first-order valence-corrected chi connectivity index (χ1v) is 6.23. The average Bonchev–Trinajstić information content (AvgIpc) is 2.68. The lowest BCUT2D eigenvalue weighted by Crippen LogP contribution is -2.17. The van der Waals surface area contributed by atoms with Crippen molar-refractivity contribution in [2.24, 2.45) is 0 Å². The van der Waals surface area contributed by atoms with E-state index < -0.39 is 0 Å². The van der Waals surface area contributed by atoms with E-state index >= 15 is 0 Å². The van der Waals surface area contributed by atoms with Crippen molar-refractivity contribution < 1.29 is 0 Å². The van der Waals surface area contributed by atoms with Crippen LogP contribution in [0, 0.1) is 0 Å². The van der Waals surface area contributed by atoms with E-state index in [-0.39, 0.29) is 0 Å². The van der Waals surface area contributed by atoms with Gasteiger partial charge in [-0.15, -0.1) is 11.3 Å². The first kappa shape index (κ1) is 12.0. The van der Waals surface area contributed by atoms with Crippen molar-refractivity contribution in [3.63, 3.8) is 0 Å². The summed E-state index contributed by atoms with van der Waals surface area (Å²) in [7, 11) is 1.95. The summed E-state index contributed by atoms with van der Waals surface area (Å²) in [5.74, 6) is 1.15. The summed E-state index contributed by atoms with van der Waals surface area (Å²) in [6, 6.07) is 7.50. The molecule has 2 aromatic rings. The Kier molecular flexibility index (Phi) is 3.40. The second-order valence-electron chi connectivity index (χ2n) is 3.71. The number of nitrogen functional groups attached to an aromatic ring is 2. The van der Waals surface area contributed by atoms with Gasteiger partial charge < -0.3 is 16.4 Å². The molecule has 0 aliphatic heterocycles. The molecular formula is C11H13ClN4S. The van der Waals surface area contributed by atoms with Crippen LogP contribution >= 0.6 is 22.9 Å². The molecule has 0 aliphatic rings. The van der Waals surface area contributed by atoms with Gasteiger partial charge in [-0.05, 0) is 24.3 Å². The van der Waals surface area contributed by atoms with Crippen LogP contribution < -0.4 is 16.4 Å².